The third-order valence-electron chi connectivity index (χ3n) is 5.15. The number of carbonyl (C=O) groups is 2. The Kier molecular flexibility index (Phi) is 4.68. The summed E-state index contributed by atoms with van der Waals surface area (Å²) < 4.78 is 0. The van der Waals surface area contributed by atoms with Crippen molar-refractivity contribution < 1.29 is 14.7 Å². The summed E-state index contributed by atoms with van der Waals surface area (Å²) in [5.74, 6) is -0.299. The van der Waals surface area contributed by atoms with Crippen molar-refractivity contribution in [3.05, 3.63) is 0 Å². The lowest BCUT2D eigenvalue weighted by Crippen LogP contribution is -2.59. The van der Waals surface area contributed by atoms with Crippen LogP contribution >= 0.6 is 0 Å². The highest BCUT2D eigenvalue weighted by molar-refractivity contribution is 5.88. The zero-order chi connectivity index (χ0) is 14.8. The largest absolute Gasteiger partial charge is 0.480 e. The summed E-state index contributed by atoms with van der Waals surface area (Å²) in [6.07, 6.45) is 6.04. The molecule has 20 heavy (non-hydrogen) atoms. The number of rotatable bonds is 3. The van der Waals surface area contributed by atoms with Crippen molar-refractivity contribution in [1.82, 2.24) is 4.90 Å². The Balaban J connectivity index is 2.05. The van der Waals surface area contributed by atoms with Gasteiger partial charge in [-0.05, 0) is 64.3 Å². The van der Waals surface area contributed by atoms with Gasteiger partial charge in [-0.3, -0.25) is 4.79 Å². The Hall–Kier alpha value is -1.10. The van der Waals surface area contributed by atoms with Crippen LogP contribution < -0.4 is 5.73 Å². The fraction of sp³-hybridized carbons (Fsp3) is 0.867. The smallest absolute Gasteiger partial charge is 0.329 e. The van der Waals surface area contributed by atoms with Gasteiger partial charge >= 0.3 is 5.97 Å². The number of amides is 1. The maximum Gasteiger partial charge on any atom is 0.329 e. The minimum absolute atomic E-state index is 0.00502. The molecule has 0 radical (unpaired) electrons. The maximum atomic E-state index is 12.7. The van der Waals surface area contributed by atoms with Gasteiger partial charge in [0.1, 0.15) is 5.54 Å². The van der Waals surface area contributed by atoms with Gasteiger partial charge in [-0.15, -0.1) is 0 Å². The van der Waals surface area contributed by atoms with Gasteiger partial charge in [0.2, 0.25) is 5.91 Å². The second-order valence-electron chi connectivity index (χ2n) is 6.48. The van der Waals surface area contributed by atoms with Gasteiger partial charge in [0.15, 0.2) is 0 Å². The fourth-order valence-corrected chi connectivity index (χ4v) is 3.56. The Labute approximate surface area is 120 Å². The first-order chi connectivity index (χ1) is 9.49. The van der Waals surface area contributed by atoms with E-state index < -0.39 is 11.5 Å². The molecule has 1 aliphatic heterocycles. The molecule has 2 aliphatic rings. The van der Waals surface area contributed by atoms with Gasteiger partial charge in [0.05, 0.1) is 0 Å². The number of likely N-dealkylation sites (tertiary alicyclic amines) is 1. The molecule has 5 nitrogen and oxygen atoms in total. The monoisotopic (exact) mass is 282 g/mol. The van der Waals surface area contributed by atoms with Crippen LogP contribution in [0.3, 0.4) is 0 Å². The quantitative estimate of drug-likeness (QED) is 0.823. The zero-order valence-electron chi connectivity index (χ0n) is 12.3. The minimum Gasteiger partial charge on any atom is -0.480 e. The number of nitrogens with two attached hydrogens (primary N) is 1. The van der Waals surface area contributed by atoms with Crippen LogP contribution in [0.4, 0.5) is 0 Å². The lowest BCUT2D eigenvalue weighted by molar-refractivity contribution is -0.163. The van der Waals surface area contributed by atoms with Gasteiger partial charge in [0.25, 0.3) is 0 Å². The molecule has 0 bridgehead atoms. The molecular formula is C15H26N2O3. The van der Waals surface area contributed by atoms with Crippen LogP contribution in [0.5, 0.6) is 0 Å². The first-order valence-corrected chi connectivity index (χ1v) is 7.74. The number of aliphatic carboxylic acids is 1. The number of piperidine rings is 1. The van der Waals surface area contributed by atoms with Gasteiger partial charge in [-0.25, -0.2) is 4.79 Å². The average molecular weight is 282 g/mol. The molecule has 0 aromatic carbocycles. The third-order valence-corrected chi connectivity index (χ3v) is 5.15. The molecule has 0 aromatic heterocycles. The van der Waals surface area contributed by atoms with Crippen molar-refractivity contribution in [3.63, 3.8) is 0 Å². The number of carboxylic acids is 1. The summed E-state index contributed by atoms with van der Waals surface area (Å²) in [7, 11) is 0. The predicted molar refractivity (Wildman–Crippen MR) is 76.1 cm³/mol. The van der Waals surface area contributed by atoms with Crippen molar-refractivity contribution in [1.29, 1.82) is 0 Å². The van der Waals surface area contributed by atoms with Gasteiger partial charge < -0.3 is 15.7 Å². The van der Waals surface area contributed by atoms with E-state index in [2.05, 4.69) is 0 Å². The van der Waals surface area contributed by atoms with Crippen molar-refractivity contribution >= 4 is 11.9 Å². The number of nitrogens with zero attached hydrogens (tertiary/aromatic N) is 1. The van der Waals surface area contributed by atoms with E-state index in [0.29, 0.717) is 25.4 Å². The second-order valence-corrected chi connectivity index (χ2v) is 6.48. The molecule has 1 aliphatic carbocycles. The van der Waals surface area contributed by atoms with E-state index in [1.807, 2.05) is 0 Å². The second kappa shape index (κ2) is 6.12. The van der Waals surface area contributed by atoms with Crippen LogP contribution in [0.25, 0.3) is 0 Å². The molecular weight excluding hydrogens is 256 g/mol. The first kappa shape index (κ1) is 15.3. The SMILES string of the molecule is CC1(C(=O)O)CCCCN1C(=O)C1CCC(CN)CC1. The van der Waals surface area contributed by atoms with E-state index in [1.165, 1.54) is 0 Å². The highest BCUT2D eigenvalue weighted by Gasteiger charge is 2.45. The molecule has 1 atom stereocenters. The number of carboxylic acid groups (broad SMARTS) is 1. The van der Waals surface area contributed by atoms with Crippen LogP contribution in [-0.4, -0.2) is 40.5 Å². The Morgan fingerprint density at radius 3 is 2.45 bits per heavy atom. The lowest BCUT2D eigenvalue weighted by atomic mass is 9.79. The van der Waals surface area contributed by atoms with Gasteiger partial charge in [0, 0.05) is 12.5 Å². The zero-order valence-corrected chi connectivity index (χ0v) is 12.3. The van der Waals surface area contributed by atoms with Crippen molar-refractivity contribution in [2.24, 2.45) is 17.6 Å². The first-order valence-electron chi connectivity index (χ1n) is 7.74. The molecule has 114 valence electrons. The van der Waals surface area contributed by atoms with Gasteiger partial charge in [-0.1, -0.05) is 0 Å². The minimum atomic E-state index is -1.01. The molecule has 2 fully saturated rings. The summed E-state index contributed by atoms with van der Waals surface area (Å²) >= 11 is 0. The van der Waals surface area contributed by atoms with Crippen LogP contribution in [0.2, 0.25) is 0 Å². The van der Waals surface area contributed by atoms with Crippen molar-refractivity contribution in [2.75, 3.05) is 13.1 Å². The highest BCUT2D eigenvalue weighted by Crippen LogP contribution is 2.34. The molecule has 1 heterocycles. The third kappa shape index (κ3) is 2.82. The van der Waals surface area contributed by atoms with E-state index in [9.17, 15) is 14.7 Å². The summed E-state index contributed by atoms with van der Waals surface area (Å²) in [5.41, 5.74) is 4.66. The van der Waals surface area contributed by atoms with Crippen molar-refractivity contribution in [2.45, 2.75) is 57.4 Å². The Morgan fingerprint density at radius 1 is 1.25 bits per heavy atom. The molecule has 5 heteroatoms. The summed E-state index contributed by atoms with van der Waals surface area (Å²) in [6, 6.07) is 0. The number of hydrogen-bond donors (Lipinski definition) is 2. The van der Waals surface area contributed by atoms with E-state index in [1.54, 1.807) is 11.8 Å². The van der Waals surface area contributed by atoms with Crippen LogP contribution in [-0.2, 0) is 9.59 Å². The van der Waals surface area contributed by atoms with E-state index in [0.717, 1.165) is 38.5 Å². The molecule has 1 saturated carbocycles. The normalized spacial score (nSPS) is 34.8. The summed E-state index contributed by atoms with van der Waals surface area (Å²) in [4.78, 5) is 25.9. The lowest BCUT2D eigenvalue weighted by Gasteiger charge is -2.44. The summed E-state index contributed by atoms with van der Waals surface area (Å²) in [6.45, 7) is 2.97. The molecule has 3 N–H and O–H groups in total. The maximum absolute atomic E-state index is 12.7. The average Bonchev–Trinajstić information content (AvgIpc) is 2.47. The Bertz CT molecular complexity index is 377. The highest BCUT2D eigenvalue weighted by atomic mass is 16.4. The van der Waals surface area contributed by atoms with E-state index in [4.69, 9.17) is 5.73 Å². The predicted octanol–water partition coefficient (Wildman–Crippen LogP) is 1.61. The standard InChI is InChI=1S/C15H26N2O3/c1-15(14(19)20)8-2-3-9-17(15)13(18)12-6-4-11(10-16)5-7-12/h11-12H,2-10,16H2,1H3,(H,19,20). The fourth-order valence-electron chi connectivity index (χ4n) is 3.56. The van der Waals surface area contributed by atoms with Crippen LogP contribution in [0, 0.1) is 11.8 Å². The van der Waals surface area contributed by atoms with Crippen LogP contribution in [0.1, 0.15) is 51.9 Å². The van der Waals surface area contributed by atoms with E-state index in [-0.39, 0.29) is 11.8 Å². The molecule has 0 aromatic rings. The number of hydrogen-bond acceptors (Lipinski definition) is 3. The van der Waals surface area contributed by atoms with Gasteiger partial charge in [-0.2, -0.15) is 0 Å². The summed E-state index contributed by atoms with van der Waals surface area (Å²) in [5, 5.41) is 9.48. The van der Waals surface area contributed by atoms with Crippen molar-refractivity contribution in [3.8, 4) is 0 Å². The molecule has 1 saturated heterocycles. The molecule has 0 spiro atoms. The Morgan fingerprint density at radius 2 is 1.90 bits per heavy atom. The van der Waals surface area contributed by atoms with Crippen LogP contribution in [0.15, 0.2) is 0 Å². The molecule has 2 rings (SSSR count). The van der Waals surface area contributed by atoms with E-state index >= 15 is 0 Å². The topological polar surface area (TPSA) is 83.6 Å². The number of carbonyl (C=O) groups excluding carboxylic acids is 1. The molecule has 1 unspecified atom stereocenters. The molecule has 1 amide bonds.